The molecule has 0 rings (SSSR count). The molecule has 0 aromatic rings. The molecule has 3 nitrogen and oxygen atoms in total. The van der Waals surface area contributed by atoms with Crippen LogP contribution in [0.2, 0.25) is 0 Å². The first-order chi connectivity index (χ1) is 4.22. The van der Waals surface area contributed by atoms with Crippen LogP contribution in [0, 0.1) is 11.3 Å². The lowest BCUT2D eigenvalue weighted by molar-refractivity contribution is -0.113. The molecule has 0 fully saturated rings. The van der Waals surface area contributed by atoms with Gasteiger partial charge in [-0.25, -0.2) is 0 Å². The van der Waals surface area contributed by atoms with Crippen molar-refractivity contribution in [3.63, 3.8) is 0 Å². The molecule has 0 unspecified atom stereocenters. The van der Waals surface area contributed by atoms with Crippen molar-refractivity contribution < 1.29 is 4.79 Å². The first-order valence-electron chi connectivity index (χ1n) is 2.51. The van der Waals surface area contributed by atoms with Crippen LogP contribution >= 0.6 is 0 Å². The number of nitrogens with one attached hydrogen (secondary N) is 1. The average molecular weight is 124 g/mol. The quantitative estimate of drug-likeness (QED) is 0.422. The highest BCUT2D eigenvalue weighted by molar-refractivity contribution is 5.96. The molecule has 0 aliphatic rings. The SMILES string of the molecule is CN/C=C(/C#N)C(C)=O. The second-order valence-corrected chi connectivity index (χ2v) is 1.51. The lowest BCUT2D eigenvalue weighted by Crippen LogP contribution is -2.01. The van der Waals surface area contributed by atoms with Crippen molar-refractivity contribution in [2.75, 3.05) is 7.05 Å². The third-order valence-corrected chi connectivity index (χ3v) is 0.788. The van der Waals surface area contributed by atoms with Gasteiger partial charge in [0, 0.05) is 13.2 Å². The van der Waals surface area contributed by atoms with Gasteiger partial charge in [0.1, 0.15) is 11.6 Å². The Hall–Kier alpha value is -1.30. The van der Waals surface area contributed by atoms with E-state index in [1.807, 2.05) is 0 Å². The minimum atomic E-state index is -0.216. The predicted octanol–water partition coefficient (Wildman–Crippen LogP) is 0.202. The van der Waals surface area contributed by atoms with E-state index in [-0.39, 0.29) is 11.4 Å². The van der Waals surface area contributed by atoms with Gasteiger partial charge < -0.3 is 5.32 Å². The molecule has 0 saturated heterocycles. The van der Waals surface area contributed by atoms with Gasteiger partial charge in [-0.1, -0.05) is 0 Å². The highest BCUT2D eigenvalue weighted by atomic mass is 16.1. The van der Waals surface area contributed by atoms with Gasteiger partial charge in [-0.15, -0.1) is 0 Å². The van der Waals surface area contributed by atoms with Crippen molar-refractivity contribution in [3.05, 3.63) is 11.8 Å². The number of nitriles is 1. The van der Waals surface area contributed by atoms with Crippen LogP contribution in [0.1, 0.15) is 6.92 Å². The fourth-order valence-corrected chi connectivity index (χ4v) is 0.357. The summed E-state index contributed by atoms with van der Waals surface area (Å²) in [5, 5.41) is 10.8. The maximum Gasteiger partial charge on any atom is 0.171 e. The number of carbonyl (C=O) groups excluding carboxylic acids is 1. The van der Waals surface area contributed by atoms with Crippen molar-refractivity contribution in [3.8, 4) is 6.07 Å². The lowest BCUT2D eigenvalue weighted by atomic mass is 10.2. The molecule has 0 aliphatic carbocycles. The van der Waals surface area contributed by atoms with Gasteiger partial charge in [-0.2, -0.15) is 5.26 Å². The molecule has 0 amide bonds. The Morgan fingerprint density at radius 2 is 2.33 bits per heavy atom. The molecule has 48 valence electrons. The van der Waals surface area contributed by atoms with Crippen LogP contribution in [0.4, 0.5) is 0 Å². The molecule has 0 bridgehead atoms. The molecule has 0 aromatic heterocycles. The fourth-order valence-electron chi connectivity index (χ4n) is 0.357. The molecule has 0 saturated carbocycles. The maximum atomic E-state index is 10.4. The van der Waals surface area contributed by atoms with Crippen LogP contribution in [0.3, 0.4) is 0 Å². The Labute approximate surface area is 54.0 Å². The van der Waals surface area contributed by atoms with Crippen molar-refractivity contribution in [1.82, 2.24) is 5.32 Å². The predicted molar refractivity (Wildman–Crippen MR) is 33.4 cm³/mol. The zero-order valence-corrected chi connectivity index (χ0v) is 5.43. The summed E-state index contributed by atoms with van der Waals surface area (Å²) in [4.78, 5) is 10.4. The molecular formula is C6H8N2O. The third-order valence-electron chi connectivity index (χ3n) is 0.788. The van der Waals surface area contributed by atoms with Crippen molar-refractivity contribution >= 4 is 5.78 Å². The zero-order chi connectivity index (χ0) is 7.28. The molecule has 0 atom stereocenters. The van der Waals surface area contributed by atoms with Gasteiger partial charge in [-0.05, 0) is 6.92 Å². The Balaban J connectivity index is 4.20. The standard InChI is InChI=1S/C6H8N2O/c1-5(9)6(3-7)4-8-2/h4,8H,1-2H3/b6-4-. The van der Waals surface area contributed by atoms with E-state index in [0.29, 0.717) is 0 Å². The Morgan fingerprint density at radius 3 is 2.44 bits per heavy atom. The number of Topliss-reactive ketones (excluding diaryl/α,β-unsaturated/α-hetero) is 1. The van der Waals surface area contributed by atoms with Crippen LogP contribution < -0.4 is 5.32 Å². The second-order valence-electron chi connectivity index (χ2n) is 1.51. The molecule has 3 heteroatoms. The molecule has 0 heterocycles. The van der Waals surface area contributed by atoms with E-state index in [0.717, 1.165) is 0 Å². The topological polar surface area (TPSA) is 52.9 Å². The van der Waals surface area contributed by atoms with Gasteiger partial charge in [-0.3, -0.25) is 4.79 Å². The van der Waals surface area contributed by atoms with Crippen molar-refractivity contribution in [2.24, 2.45) is 0 Å². The van der Waals surface area contributed by atoms with Crippen molar-refractivity contribution in [1.29, 1.82) is 5.26 Å². The summed E-state index contributed by atoms with van der Waals surface area (Å²) >= 11 is 0. The summed E-state index contributed by atoms with van der Waals surface area (Å²) in [5.41, 5.74) is 0.150. The number of hydrogen-bond donors (Lipinski definition) is 1. The number of rotatable bonds is 2. The van der Waals surface area contributed by atoms with E-state index in [4.69, 9.17) is 5.26 Å². The number of allylic oxidation sites excluding steroid dienone is 1. The highest BCUT2D eigenvalue weighted by Crippen LogP contribution is 1.89. The van der Waals surface area contributed by atoms with Crippen LogP contribution in [-0.4, -0.2) is 12.8 Å². The zero-order valence-electron chi connectivity index (χ0n) is 5.43. The average Bonchev–Trinajstić information content (AvgIpc) is 1.82. The minimum absolute atomic E-state index is 0.150. The van der Waals surface area contributed by atoms with Gasteiger partial charge in [0.2, 0.25) is 0 Å². The molecular weight excluding hydrogens is 116 g/mol. The monoisotopic (exact) mass is 124 g/mol. The van der Waals surface area contributed by atoms with Gasteiger partial charge in [0.05, 0.1) is 0 Å². The molecule has 0 radical (unpaired) electrons. The van der Waals surface area contributed by atoms with Crippen LogP contribution in [0.15, 0.2) is 11.8 Å². The number of nitrogens with zero attached hydrogens (tertiary/aromatic N) is 1. The first kappa shape index (κ1) is 7.70. The highest BCUT2D eigenvalue weighted by Gasteiger charge is 1.98. The molecule has 0 spiro atoms. The van der Waals surface area contributed by atoms with Gasteiger partial charge in [0.15, 0.2) is 5.78 Å². The Bertz CT molecular complexity index is 176. The normalized spacial score (nSPS) is 10.1. The van der Waals surface area contributed by atoms with E-state index >= 15 is 0 Å². The summed E-state index contributed by atoms with van der Waals surface area (Å²) in [5.74, 6) is -0.216. The van der Waals surface area contributed by atoms with E-state index < -0.39 is 0 Å². The van der Waals surface area contributed by atoms with E-state index in [1.165, 1.54) is 13.1 Å². The third kappa shape index (κ3) is 2.50. The number of ketones is 1. The van der Waals surface area contributed by atoms with Crippen LogP contribution in [0.5, 0.6) is 0 Å². The summed E-state index contributed by atoms with van der Waals surface area (Å²) in [6.45, 7) is 1.35. The summed E-state index contributed by atoms with van der Waals surface area (Å²) in [6, 6.07) is 1.75. The van der Waals surface area contributed by atoms with Gasteiger partial charge >= 0.3 is 0 Å². The van der Waals surface area contributed by atoms with Crippen LogP contribution in [0.25, 0.3) is 0 Å². The first-order valence-corrected chi connectivity index (χ1v) is 2.51. The number of carbonyl (C=O) groups is 1. The second kappa shape index (κ2) is 3.67. The van der Waals surface area contributed by atoms with Crippen LogP contribution in [-0.2, 0) is 4.79 Å². The lowest BCUT2D eigenvalue weighted by Gasteiger charge is -1.88. The molecule has 0 aromatic carbocycles. The Morgan fingerprint density at radius 1 is 1.78 bits per heavy atom. The number of hydrogen-bond acceptors (Lipinski definition) is 3. The van der Waals surface area contributed by atoms with E-state index in [9.17, 15) is 4.79 Å². The largest absolute Gasteiger partial charge is 0.393 e. The molecule has 1 N–H and O–H groups in total. The summed E-state index contributed by atoms with van der Waals surface area (Å²) in [6.07, 6.45) is 1.38. The summed E-state index contributed by atoms with van der Waals surface area (Å²) < 4.78 is 0. The minimum Gasteiger partial charge on any atom is -0.393 e. The molecule has 9 heavy (non-hydrogen) atoms. The maximum absolute atomic E-state index is 10.4. The summed E-state index contributed by atoms with van der Waals surface area (Å²) in [7, 11) is 1.64. The molecule has 0 aliphatic heterocycles. The van der Waals surface area contributed by atoms with E-state index in [1.54, 1.807) is 13.1 Å². The van der Waals surface area contributed by atoms with Gasteiger partial charge in [0.25, 0.3) is 0 Å². The van der Waals surface area contributed by atoms with Crippen molar-refractivity contribution in [2.45, 2.75) is 6.92 Å². The fraction of sp³-hybridized carbons (Fsp3) is 0.333. The smallest absolute Gasteiger partial charge is 0.171 e. The Kier molecular flexibility index (Phi) is 3.14. The van der Waals surface area contributed by atoms with E-state index in [2.05, 4.69) is 5.32 Å².